The molecule has 0 N–H and O–H groups in total. The number of ketones is 1. The second kappa shape index (κ2) is 7.57. The van der Waals surface area contributed by atoms with Crippen molar-refractivity contribution in [1.82, 2.24) is 9.47 Å². The van der Waals surface area contributed by atoms with Gasteiger partial charge in [-0.1, -0.05) is 32.0 Å². The highest BCUT2D eigenvalue weighted by molar-refractivity contribution is 6.16. The molecule has 2 aliphatic heterocycles. The van der Waals surface area contributed by atoms with Crippen molar-refractivity contribution in [2.24, 2.45) is 5.92 Å². The second-order valence-corrected chi connectivity index (χ2v) is 8.88. The van der Waals surface area contributed by atoms with Crippen LogP contribution in [0.15, 0.2) is 42.3 Å². The van der Waals surface area contributed by atoms with E-state index in [1.807, 2.05) is 31.2 Å². The second-order valence-electron chi connectivity index (χ2n) is 8.88. The van der Waals surface area contributed by atoms with Gasteiger partial charge in [-0.15, -0.1) is 0 Å². The molecular formula is C26H28N2O3. The van der Waals surface area contributed by atoms with Gasteiger partial charge in [-0.25, -0.2) is 0 Å². The van der Waals surface area contributed by atoms with E-state index in [2.05, 4.69) is 48.6 Å². The first-order chi connectivity index (χ1) is 15.0. The Hall–Kier alpha value is -3.05. The molecule has 3 heterocycles. The minimum atomic E-state index is -0.0513. The Morgan fingerprint density at radius 2 is 2.03 bits per heavy atom. The molecule has 0 spiro atoms. The number of benzene rings is 2. The van der Waals surface area contributed by atoms with Gasteiger partial charge in [0, 0.05) is 42.3 Å². The fraction of sp³-hybridized carbons (Fsp3) is 0.346. The summed E-state index contributed by atoms with van der Waals surface area (Å²) in [5, 5.41) is 1.12. The Kier molecular flexibility index (Phi) is 4.86. The predicted molar refractivity (Wildman–Crippen MR) is 122 cm³/mol. The molecule has 0 saturated carbocycles. The number of Topliss-reactive ketones (excluding diaryl/α,β-unsaturated/α-hetero) is 1. The van der Waals surface area contributed by atoms with Crippen LogP contribution in [-0.2, 0) is 13.1 Å². The lowest BCUT2D eigenvalue weighted by atomic mass is 9.98. The number of nitrogens with zero attached hydrogens (tertiary/aromatic N) is 2. The largest absolute Gasteiger partial charge is 0.478 e. The number of para-hydroxylation sites is 1. The molecular weight excluding hydrogens is 388 g/mol. The van der Waals surface area contributed by atoms with Crippen molar-refractivity contribution in [3.8, 4) is 11.5 Å². The molecule has 0 aliphatic carbocycles. The third-order valence-electron chi connectivity index (χ3n) is 6.06. The van der Waals surface area contributed by atoms with Crippen molar-refractivity contribution in [2.45, 2.75) is 40.8 Å². The molecule has 2 aliphatic rings. The standard InChI is InChI=1S/C26H28N2O3/c1-5-28-13-18(19-8-6-7-9-21(19)28)11-23-25(29)24-17(4)10-22-20(26(24)31-23)14-27(15-30-22)12-16(2)3/h6-11,13,16H,5,12,14-15H2,1-4H3/b23-11-. The molecule has 0 unspecified atom stereocenters. The fourth-order valence-electron chi connectivity index (χ4n) is 4.70. The van der Waals surface area contributed by atoms with Crippen LogP contribution in [0.2, 0.25) is 0 Å². The van der Waals surface area contributed by atoms with Crippen molar-refractivity contribution in [3.05, 3.63) is 64.5 Å². The monoisotopic (exact) mass is 416 g/mol. The zero-order valence-corrected chi connectivity index (χ0v) is 18.6. The van der Waals surface area contributed by atoms with Crippen LogP contribution in [-0.4, -0.2) is 28.5 Å². The van der Waals surface area contributed by atoms with E-state index in [0.717, 1.165) is 53.0 Å². The third-order valence-corrected chi connectivity index (χ3v) is 6.06. The number of allylic oxidation sites excluding steroid dienone is 1. The van der Waals surface area contributed by atoms with Gasteiger partial charge in [0.1, 0.15) is 18.2 Å². The first kappa shape index (κ1) is 19.9. The Bertz CT molecular complexity index is 1220. The normalized spacial score (nSPS) is 17.2. The topological polar surface area (TPSA) is 43.7 Å². The molecule has 2 aromatic carbocycles. The molecule has 160 valence electrons. The highest BCUT2D eigenvalue weighted by Crippen LogP contribution is 2.44. The van der Waals surface area contributed by atoms with Crippen LogP contribution in [0.3, 0.4) is 0 Å². The van der Waals surface area contributed by atoms with Crippen LogP contribution in [0.1, 0.15) is 47.8 Å². The maximum absolute atomic E-state index is 13.3. The van der Waals surface area contributed by atoms with Crippen LogP contribution >= 0.6 is 0 Å². The molecule has 0 atom stereocenters. The van der Waals surface area contributed by atoms with E-state index in [4.69, 9.17) is 9.47 Å². The first-order valence-corrected chi connectivity index (χ1v) is 11.0. The van der Waals surface area contributed by atoms with Crippen LogP contribution in [0.4, 0.5) is 0 Å². The number of carbonyl (C=O) groups is 1. The van der Waals surface area contributed by atoms with Crippen LogP contribution in [0.5, 0.6) is 11.5 Å². The van der Waals surface area contributed by atoms with E-state index in [0.29, 0.717) is 29.7 Å². The number of fused-ring (bicyclic) bond motifs is 4. The molecule has 5 heteroatoms. The van der Waals surface area contributed by atoms with Crippen LogP contribution in [0, 0.1) is 12.8 Å². The van der Waals surface area contributed by atoms with E-state index in [-0.39, 0.29) is 5.78 Å². The lowest BCUT2D eigenvalue weighted by Gasteiger charge is -2.31. The van der Waals surface area contributed by atoms with Gasteiger partial charge in [0.05, 0.1) is 11.1 Å². The van der Waals surface area contributed by atoms with Crippen LogP contribution < -0.4 is 9.47 Å². The predicted octanol–water partition coefficient (Wildman–Crippen LogP) is 5.39. The summed E-state index contributed by atoms with van der Waals surface area (Å²) in [5.41, 5.74) is 4.69. The van der Waals surface area contributed by atoms with E-state index in [9.17, 15) is 4.79 Å². The number of hydrogen-bond acceptors (Lipinski definition) is 4. The van der Waals surface area contributed by atoms with Gasteiger partial charge >= 0.3 is 0 Å². The van der Waals surface area contributed by atoms with E-state index in [1.165, 1.54) is 0 Å². The smallest absolute Gasteiger partial charge is 0.232 e. The minimum Gasteiger partial charge on any atom is -0.478 e. The maximum atomic E-state index is 13.3. The third kappa shape index (κ3) is 3.33. The van der Waals surface area contributed by atoms with Gasteiger partial charge in [0.25, 0.3) is 0 Å². The Morgan fingerprint density at radius 1 is 1.23 bits per heavy atom. The molecule has 0 amide bonds. The Morgan fingerprint density at radius 3 is 2.81 bits per heavy atom. The number of carbonyl (C=O) groups excluding carboxylic acids is 1. The number of rotatable bonds is 4. The number of hydrogen-bond donors (Lipinski definition) is 0. The highest BCUT2D eigenvalue weighted by Gasteiger charge is 2.35. The zero-order valence-electron chi connectivity index (χ0n) is 18.6. The summed E-state index contributed by atoms with van der Waals surface area (Å²) in [7, 11) is 0. The fourth-order valence-corrected chi connectivity index (χ4v) is 4.70. The molecule has 0 saturated heterocycles. The van der Waals surface area contributed by atoms with Gasteiger partial charge in [-0.2, -0.15) is 0 Å². The Labute approximate surface area is 182 Å². The maximum Gasteiger partial charge on any atom is 0.232 e. The van der Waals surface area contributed by atoms with E-state index < -0.39 is 0 Å². The lowest BCUT2D eigenvalue weighted by molar-refractivity contribution is 0.0831. The van der Waals surface area contributed by atoms with Crippen molar-refractivity contribution in [1.29, 1.82) is 0 Å². The number of aryl methyl sites for hydroxylation is 2. The van der Waals surface area contributed by atoms with Gasteiger partial charge in [-0.05, 0) is 43.5 Å². The number of aromatic nitrogens is 1. The van der Waals surface area contributed by atoms with E-state index in [1.54, 1.807) is 0 Å². The minimum absolute atomic E-state index is 0.0513. The van der Waals surface area contributed by atoms with Crippen molar-refractivity contribution in [2.75, 3.05) is 13.3 Å². The van der Waals surface area contributed by atoms with Gasteiger partial charge < -0.3 is 14.0 Å². The summed E-state index contributed by atoms with van der Waals surface area (Å²) in [4.78, 5) is 15.6. The van der Waals surface area contributed by atoms with Gasteiger partial charge in [-0.3, -0.25) is 9.69 Å². The molecule has 5 nitrogen and oxygen atoms in total. The van der Waals surface area contributed by atoms with Crippen molar-refractivity contribution >= 4 is 22.8 Å². The van der Waals surface area contributed by atoms with Gasteiger partial charge in [0.15, 0.2) is 5.76 Å². The molecule has 31 heavy (non-hydrogen) atoms. The average Bonchev–Trinajstić information content (AvgIpc) is 3.27. The summed E-state index contributed by atoms with van der Waals surface area (Å²) in [6.07, 6.45) is 3.98. The highest BCUT2D eigenvalue weighted by atomic mass is 16.5. The first-order valence-electron chi connectivity index (χ1n) is 11.0. The molecule has 1 aromatic heterocycles. The molecule has 3 aromatic rings. The Balaban J connectivity index is 1.56. The summed E-state index contributed by atoms with van der Waals surface area (Å²) >= 11 is 0. The summed E-state index contributed by atoms with van der Waals surface area (Å²) < 4.78 is 14.5. The number of ether oxygens (including phenoxy) is 2. The lowest BCUT2D eigenvalue weighted by Crippen LogP contribution is -2.35. The van der Waals surface area contributed by atoms with E-state index >= 15 is 0 Å². The summed E-state index contributed by atoms with van der Waals surface area (Å²) in [5.74, 6) is 2.36. The zero-order chi connectivity index (χ0) is 21.7. The quantitative estimate of drug-likeness (QED) is 0.535. The molecule has 0 bridgehead atoms. The molecule has 5 rings (SSSR count). The average molecular weight is 417 g/mol. The summed E-state index contributed by atoms with van der Waals surface area (Å²) in [6.45, 7) is 11.6. The van der Waals surface area contributed by atoms with Crippen molar-refractivity contribution in [3.63, 3.8) is 0 Å². The van der Waals surface area contributed by atoms with Crippen molar-refractivity contribution < 1.29 is 14.3 Å². The summed E-state index contributed by atoms with van der Waals surface area (Å²) in [6, 6.07) is 10.2. The SMILES string of the molecule is CCn1cc(/C=C2\Oc3c4c(cc(C)c3C2=O)OCN(CC(C)C)C4)c2ccccc21. The molecule has 0 fully saturated rings. The molecule has 0 radical (unpaired) electrons. The van der Waals surface area contributed by atoms with Crippen LogP contribution in [0.25, 0.3) is 17.0 Å². The van der Waals surface area contributed by atoms with Gasteiger partial charge in [0.2, 0.25) is 5.78 Å².